The van der Waals surface area contributed by atoms with E-state index < -0.39 is 0 Å². The molecule has 0 aliphatic carbocycles. The van der Waals surface area contributed by atoms with Gasteiger partial charge in [0.15, 0.2) is 4.67 Å². The summed E-state index contributed by atoms with van der Waals surface area (Å²) in [6.45, 7) is 0. The first-order valence-corrected chi connectivity index (χ1v) is 7.49. The third-order valence-electron chi connectivity index (χ3n) is 3.11. The number of hydrogen-bond donors (Lipinski definition) is 1. The van der Waals surface area contributed by atoms with Gasteiger partial charge in [0.25, 0.3) is 0 Å². The number of anilines is 1. The van der Waals surface area contributed by atoms with Gasteiger partial charge in [0.1, 0.15) is 11.5 Å². The molecular weight excluding hydrogens is 386 g/mol. The molecule has 2 N–H and O–H groups in total. The largest absolute Gasteiger partial charge is 0.457 e. The Labute approximate surface area is 132 Å². The predicted molar refractivity (Wildman–Crippen MR) is 86.2 cm³/mol. The standard InChI is InChI=1S/C14H11Br2N3O/c1-19-14(17)11(8-4-2-3-5-10(8)15)12(18-19)9-6-7-20-13(9)16/h2-7H,17H2,1H3. The summed E-state index contributed by atoms with van der Waals surface area (Å²) in [4.78, 5) is 0. The fourth-order valence-electron chi connectivity index (χ4n) is 2.12. The van der Waals surface area contributed by atoms with Crippen molar-refractivity contribution in [2.45, 2.75) is 0 Å². The molecule has 0 aliphatic rings. The minimum atomic E-state index is 0.611. The maximum absolute atomic E-state index is 6.19. The molecule has 3 aromatic rings. The van der Waals surface area contributed by atoms with Crippen molar-refractivity contribution in [2.24, 2.45) is 7.05 Å². The van der Waals surface area contributed by atoms with Gasteiger partial charge in [-0.05, 0) is 28.1 Å². The summed E-state index contributed by atoms with van der Waals surface area (Å²) in [5, 5.41) is 4.51. The second-order valence-electron chi connectivity index (χ2n) is 4.32. The van der Waals surface area contributed by atoms with E-state index in [0.717, 1.165) is 26.9 Å². The van der Waals surface area contributed by atoms with Gasteiger partial charge in [0.2, 0.25) is 0 Å². The Bertz CT molecular complexity index is 777. The Hall–Kier alpha value is -1.53. The van der Waals surface area contributed by atoms with E-state index in [1.165, 1.54) is 0 Å². The zero-order chi connectivity index (χ0) is 14.3. The van der Waals surface area contributed by atoms with E-state index in [0.29, 0.717) is 10.5 Å². The normalized spacial score (nSPS) is 10.9. The third kappa shape index (κ3) is 2.09. The summed E-state index contributed by atoms with van der Waals surface area (Å²) in [6.07, 6.45) is 1.62. The Balaban J connectivity index is 2.31. The van der Waals surface area contributed by atoms with Crippen LogP contribution in [0.3, 0.4) is 0 Å². The van der Waals surface area contributed by atoms with Crippen molar-refractivity contribution in [1.29, 1.82) is 0 Å². The number of hydrogen-bond acceptors (Lipinski definition) is 3. The third-order valence-corrected chi connectivity index (χ3v) is 4.41. The summed E-state index contributed by atoms with van der Waals surface area (Å²) in [6, 6.07) is 9.80. The number of benzene rings is 1. The summed E-state index contributed by atoms with van der Waals surface area (Å²) < 4.78 is 8.59. The molecule has 0 bridgehead atoms. The zero-order valence-corrected chi connectivity index (χ0v) is 13.8. The topological polar surface area (TPSA) is 57.0 Å². The lowest BCUT2D eigenvalue weighted by Gasteiger charge is -2.06. The van der Waals surface area contributed by atoms with Crippen LogP contribution in [0.25, 0.3) is 22.4 Å². The maximum atomic E-state index is 6.19. The van der Waals surface area contributed by atoms with Crippen molar-refractivity contribution < 1.29 is 4.42 Å². The molecule has 102 valence electrons. The van der Waals surface area contributed by atoms with Crippen LogP contribution in [-0.4, -0.2) is 9.78 Å². The van der Waals surface area contributed by atoms with Gasteiger partial charge in [0.05, 0.1) is 17.4 Å². The Morgan fingerprint density at radius 1 is 1.15 bits per heavy atom. The van der Waals surface area contributed by atoms with Crippen LogP contribution < -0.4 is 5.73 Å². The van der Waals surface area contributed by atoms with Crippen LogP contribution in [-0.2, 0) is 7.05 Å². The molecule has 0 unspecified atom stereocenters. The second kappa shape index (κ2) is 5.10. The zero-order valence-electron chi connectivity index (χ0n) is 10.6. The SMILES string of the molecule is Cn1nc(-c2ccoc2Br)c(-c2ccccc2Br)c1N. The van der Waals surface area contributed by atoms with Crippen molar-refractivity contribution in [3.05, 3.63) is 45.7 Å². The molecule has 0 saturated carbocycles. The van der Waals surface area contributed by atoms with Crippen molar-refractivity contribution in [1.82, 2.24) is 9.78 Å². The number of aryl methyl sites for hydroxylation is 1. The van der Waals surface area contributed by atoms with Gasteiger partial charge in [-0.25, -0.2) is 0 Å². The first kappa shape index (κ1) is 13.5. The van der Waals surface area contributed by atoms with Crippen molar-refractivity contribution in [2.75, 3.05) is 5.73 Å². The quantitative estimate of drug-likeness (QED) is 0.695. The molecule has 3 rings (SSSR count). The molecular formula is C14H11Br2N3O. The molecule has 0 aliphatic heterocycles. The Morgan fingerprint density at radius 2 is 1.90 bits per heavy atom. The van der Waals surface area contributed by atoms with Gasteiger partial charge in [0, 0.05) is 17.1 Å². The maximum Gasteiger partial charge on any atom is 0.178 e. The van der Waals surface area contributed by atoms with E-state index in [1.807, 2.05) is 37.4 Å². The molecule has 0 amide bonds. The van der Waals surface area contributed by atoms with Crippen molar-refractivity contribution >= 4 is 37.7 Å². The second-order valence-corrected chi connectivity index (χ2v) is 5.89. The van der Waals surface area contributed by atoms with Crippen LogP contribution in [0.5, 0.6) is 0 Å². The molecule has 0 atom stereocenters. The lowest BCUT2D eigenvalue weighted by atomic mass is 10.0. The molecule has 0 fully saturated rings. The molecule has 20 heavy (non-hydrogen) atoms. The van der Waals surface area contributed by atoms with Gasteiger partial charge in [-0.3, -0.25) is 4.68 Å². The number of furan rings is 1. The summed E-state index contributed by atoms with van der Waals surface area (Å²) >= 11 is 6.96. The minimum absolute atomic E-state index is 0.611. The highest BCUT2D eigenvalue weighted by atomic mass is 79.9. The fraction of sp³-hybridized carbons (Fsp3) is 0.0714. The summed E-state index contributed by atoms with van der Waals surface area (Å²) in [5.74, 6) is 0.611. The van der Waals surface area contributed by atoms with Gasteiger partial charge in [-0.2, -0.15) is 5.10 Å². The molecule has 1 aromatic carbocycles. The first-order valence-electron chi connectivity index (χ1n) is 5.90. The van der Waals surface area contributed by atoms with Crippen LogP contribution in [0.2, 0.25) is 0 Å². The van der Waals surface area contributed by atoms with Crippen LogP contribution in [0.15, 0.2) is 50.2 Å². The molecule has 0 spiro atoms. The Morgan fingerprint density at radius 3 is 2.55 bits per heavy atom. The van der Waals surface area contributed by atoms with Crippen molar-refractivity contribution in [3.63, 3.8) is 0 Å². The molecule has 2 aromatic heterocycles. The lowest BCUT2D eigenvalue weighted by Crippen LogP contribution is -1.98. The molecule has 6 heteroatoms. The first-order chi connectivity index (χ1) is 9.59. The van der Waals surface area contributed by atoms with E-state index in [1.54, 1.807) is 10.9 Å². The van der Waals surface area contributed by atoms with Crippen molar-refractivity contribution in [3.8, 4) is 22.4 Å². The number of halogens is 2. The predicted octanol–water partition coefficient (Wildman–Crippen LogP) is 4.45. The highest BCUT2D eigenvalue weighted by Gasteiger charge is 2.21. The van der Waals surface area contributed by atoms with Gasteiger partial charge in [-0.15, -0.1) is 0 Å². The number of rotatable bonds is 2. The van der Waals surface area contributed by atoms with Crippen LogP contribution in [0.1, 0.15) is 0 Å². The minimum Gasteiger partial charge on any atom is -0.457 e. The van der Waals surface area contributed by atoms with Gasteiger partial charge in [-0.1, -0.05) is 34.1 Å². The number of aromatic nitrogens is 2. The Kier molecular flexibility index (Phi) is 3.43. The molecule has 0 radical (unpaired) electrons. The molecule has 0 saturated heterocycles. The average Bonchev–Trinajstić information content (AvgIpc) is 2.96. The van der Waals surface area contributed by atoms with Gasteiger partial charge < -0.3 is 10.2 Å². The molecule has 2 heterocycles. The van der Waals surface area contributed by atoms with Gasteiger partial charge >= 0.3 is 0 Å². The van der Waals surface area contributed by atoms with Crippen LogP contribution in [0.4, 0.5) is 5.82 Å². The molecule has 4 nitrogen and oxygen atoms in total. The van der Waals surface area contributed by atoms with E-state index >= 15 is 0 Å². The average molecular weight is 397 g/mol. The van der Waals surface area contributed by atoms with E-state index in [4.69, 9.17) is 10.2 Å². The summed E-state index contributed by atoms with van der Waals surface area (Å²) in [5.41, 5.74) is 9.75. The number of nitrogens with zero attached hydrogens (tertiary/aromatic N) is 2. The smallest absolute Gasteiger partial charge is 0.178 e. The number of nitrogen functional groups attached to an aromatic ring is 1. The van der Waals surface area contributed by atoms with Crippen LogP contribution in [0, 0.1) is 0 Å². The fourth-order valence-corrected chi connectivity index (χ4v) is 3.03. The number of nitrogens with two attached hydrogens (primary N) is 1. The van der Waals surface area contributed by atoms with E-state index in [-0.39, 0.29) is 0 Å². The monoisotopic (exact) mass is 395 g/mol. The van der Waals surface area contributed by atoms with E-state index in [2.05, 4.69) is 37.0 Å². The highest BCUT2D eigenvalue weighted by Crippen LogP contribution is 2.41. The van der Waals surface area contributed by atoms with E-state index in [9.17, 15) is 0 Å². The summed E-state index contributed by atoms with van der Waals surface area (Å²) in [7, 11) is 1.83. The van der Waals surface area contributed by atoms with Crippen LogP contribution >= 0.6 is 31.9 Å². The lowest BCUT2D eigenvalue weighted by molar-refractivity contribution is 0.542. The highest BCUT2D eigenvalue weighted by molar-refractivity contribution is 9.10.